The van der Waals surface area contributed by atoms with Crippen LogP contribution in [-0.4, -0.2) is 40.5 Å². The zero-order chi connectivity index (χ0) is 22.9. The molecule has 182 valence electrons. The minimum absolute atomic E-state index is 0.0539. The molecule has 0 bridgehead atoms. The van der Waals surface area contributed by atoms with E-state index in [4.69, 9.17) is 9.73 Å². The summed E-state index contributed by atoms with van der Waals surface area (Å²) in [5.74, 6) is 4.64. The third-order valence-electron chi connectivity index (χ3n) is 11.2. The van der Waals surface area contributed by atoms with Crippen molar-refractivity contribution in [1.82, 2.24) is 0 Å². The first kappa shape index (κ1) is 23.1. The summed E-state index contributed by atoms with van der Waals surface area (Å²) in [6.45, 7) is 12.6. The molecule has 2 N–H and O–H groups in total. The number of ether oxygens (including phenoxy) is 1. The maximum absolute atomic E-state index is 11.4. The molecular formula is C28H47NO3. The van der Waals surface area contributed by atoms with Gasteiger partial charge in [-0.2, -0.15) is 0 Å². The van der Waals surface area contributed by atoms with Crippen LogP contribution in [0.5, 0.6) is 0 Å². The van der Waals surface area contributed by atoms with E-state index in [0.29, 0.717) is 40.4 Å². The SMILES string of the molecule is CC(CCC1=NC(C)(C)CO1)[C@H]1CCC2C3C(CC[C@@]21C)[C@@]1(C)CC[C@@H](O)C[C@H]1C[C@H]3O. The lowest BCUT2D eigenvalue weighted by molar-refractivity contribution is -0.174. The lowest BCUT2D eigenvalue weighted by Crippen LogP contribution is -2.58. The molecule has 0 aromatic carbocycles. The quantitative estimate of drug-likeness (QED) is 0.592. The number of nitrogens with zero attached hydrogens (tertiary/aromatic N) is 1. The van der Waals surface area contributed by atoms with Crippen LogP contribution in [0.3, 0.4) is 0 Å². The molecular weight excluding hydrogens is 398 g/mol. The smallest absolute Gasteiger partial charge is 0.183 e. The molecule has 5 rings (SSSR count). The van der Waals surface area contributed by atoms with Gasteiger partial charge in [0.25, 0.3) is 0 Å². The maximum Gasteiger partial charge on any atom is 0.183 e. The Labute approximate surface area is 195 Å². The largest absolute Gasteiger partial charge is 0.478 e. The van der Waals surface area contributed by atoms with Gasteiger partial charge in [-0.25, -0.2) is 4.99 Å². The minimum Gasteiger partial charge on any atom is -0.478 e. The van der Waals surface area contributed by atoms with Gasteiger partial charge < -0.3 is 14.9 Å². The number of hydrogen-bond donors (Lipinski definition) is 2. The van der Waals surface area contributed by atoms with Crippen molar-refractivity contribution >= 4 is 5.90 Å². The number of aliphatic hydroxyl groups excluding tert-OH is 2. The molecule has 10 atom stereocenters. The maximum atomic E-state index is 11.4. The molecule has 5 aliphatic rings. The van der Waals surface area contributed by atoms with E-state index < -0.39 is 0 Å². The molecule has 0 aromatic rings. The lowest BCUT2D eigenvalue weighted by Gasteiger charge is -2.62. The summed E-state index contributed by atoms with van der Waals surface area (Å²) in [4.78, 5) is 4.78. The number of aliphatic hydroxyl groups is 2. The Bertz CT molecular complexity index is 749. The Kier molecular flexibility index (Phi) is 5.76. The Morgan fingerprint density at radius 1 is 0.969 bits per heavy atom. The predicted molar refractivity (Wildman–Crippen MR) is 128 cm³/mol. The van der Waals surface area contributed by atoms with Crippen LogP contribution in [0.2, 0.25) is 0 Å². The van der Waals surface area contributed by atoms with Crippen LogP contribution in [0.25, 0.3) is 0 Å². The number of rotatable bonds is 4. The van der Waals surface area contributed by atoms with Crippen molar-refractivity contribution in [2.24, 2.45) is 51.3 Å². The molecule has 0 amide bonds. The van der Waals surface area contributed by atoms with Crippen LogP contribution in [0, 0.1) is 46.3 Å². The van der Waals surface area contributed by atoms with Crippen LogP contribution in [-0.2, 0) is 4.74 Å². The van der Waals surface area contributed by atoms with Crippen molar-refractivity contribution in [3.05, 3.63) is 0 Å². The van der Waals surface area contributed by atoms with E-state index in [1.165, 1.54) is 25.7 Å². The highest BCUT2D eigenvalue weighted by molar-refractivity contribution is 5.78. The van der Waals surface area contributed by atoms with Crippen molar-refractivity contribution in [1.29, 1.82) is 0 Å². The third kappa shape index (κ3) is 3.67. The molecule has 4 heteroatoms. The monoisotopic (exact) mass is 445 g/mol. The molecule has 0 saturated heterocycles. The molecule has 32 heavy (non-hydrogen) atoms. The second-order valence-electron chi connectivity index (χ2n) is 13.6. The van der Waals surface area contributed by atoms with E-state index in [2.05, 4.69) is 34.6 Å². The molecule has 1 aliphatic heterocycles. The molecule has 4 aliphatic carbocycles. The van der Waals surface area contributed by atoms with Gasteiger partial charge in [-0.15, -0.1) is 0 Å². The summed E-state index contributed by atoms with van der Waals surface area (Å²) in [5.41, 5.74) is 0.622. The second-order valence-corrected chi connectivity index (χ2v) is 13.6. The van der Waals surface area contributed by atoms with Crippen LogP contribution < -0.4 is 0 Å². The lowest BCUT2D eigenvalue weighted by atomic mass is 9.43. The van der Waals surface area contributed by atoms with Gasteiger partial charge in [0.05, 0.1) is 17.7 Å². The fourth-order valence-corrected chi connectivity index (χ4v) is 9.52. The fourth-order valence-electron chi connectivity index (χ4n) is 9.52. The number of fused-ring (bicyclic) bond motifs is 5. The van der Waals surface area contributed by atoms with Crippen LogP contribution >= 0.6 is 0 Å². The normalized spacial score (nSPS) is 50.6. The third-order valence-corrected chi connectivity index (χ3v) is 11.2. The van der Waals surface area contributed by atoms with Gasteiger partial charge in [0.2, 0.25) is 0 Å². The molecule has 4 unspecified atom stereocenters. The van der Waals surface area contributed by atoms with Gasteiger partial charge in [0.1, 0.15) is 6.61 Å². The zero-order valence-electron chi connectivity index (χ0n) is 21.1. The topological polar surface area (TPSA) is 62.0 Å². The van der Waals surface area contributed by atoms with Gasteiger partial charge in [-0.05, 0) is 118 Å². The molecule has 0 aromatic heterocycles. The first-order valence-corrected chi connectivity index (χ1v) is 13.6. The van der Waals surface area contributed by atoms with Gasteiger partial charge >= 0.3 is 0 Å². The summed E-state index contributed by atoms with van der Waals surface area (Å²) < 4.78 is 5.87. The number of aliphatic imine (C=N–C) groups is 1. The van der Waals surface area contributed by atoms with E-state index in [1.807, 2.05) is 0 Å². The van der Waals surface area contributed by atoms with Gasteiger partial charge in [-0.3, -0.25) is 0 Å². The number of hydrogen-bond acceptors (Lipinski definition) is 4. The fraction of sp³-hybridized carbons (Fsp3) is 0.964. The predicted octanol–water partition coefficient (Wildman–Crippen LogP) is 5.60. The highest BCUT2D eigenvalue weighted by Gasteiger charge is 2.62. The first-order chi connectivity index (χ1) is 15.0. The highest BCUT2D eigenvalue weighted by Crippen LogP contribution is 2.68. The average molecular weight is 446 g/mol. The van der Waals surface area contributed by atoms with Gasteiger partial charge in [-0.1, -0.05) is 20.8 Å². The summed E-state index contributed by atoms with van der Waals surface area (Å²) in [7, 11) is 0. The van der Waals surface area contributed by atoms with Crippen molar-refractivity contribution in [2.75, 3.05) is 6.61 Å². The van der Waals surface area contributed by atoms with E-state index in [1.54, 1.807) is 0 Å². The summed E-state index contributed by atoms with van der Waals surface area (Å²) in [6, 6.07) is 0. The van der Waals surface area contributed by atoms with E-state index in [9.17, 15) is 10.2 Å². The zero-order valence-corrected chi connectivity index (χ0v) is 21.1. The summed E-state index contributed by atoms with van der Waals surface area (Å²) in [5, 5.41) is 21.7. The molecule has 4 nitrogen and oxygen atoms in total. The Hall–Kier alpha value is -0.610. The summed E-state index contributed by atoms with van der Waals surface area (Å²) >= 11 is 0. The average Bonchev–Trinajstić information content (AvgIpc) is 3.26. The Balaban J connectivity index is 1.30. The van der Waals surface area contributed by atoms with Crippen LogP contribution in [0.15, 0.2) is 4.99 Å². The van der Waals surface area contributed by atoms with Crippen molar-refractivity contribution in [3.63, 3.8) is 0 Å². The molecule has 1 heterocycles. The van der Waals surface area contributed by atoms with Crippen molar-refractivity contribution < 1.29 is 14.9 Å². The van der Waals surface area contributed by atoms with Crippen LogP contribution in [0.1, 0.15) is 98.8 Å². The minimum atomic E-state index is -0.175. The Morgan fingerprint density at radius 2 is 1.69 bits per heavy atom. The van der Waals surface area contributed by atoms with Crippen molar-refractivity contribution in [3.8, 4) is 0 Å². The van der Waals surface area contributed by atoms with Crippen molar-refractivity contribution in [2.45, 2.75) is 117 Å². The van der Waals surface area contributed by atoms with Gasteiger partial charge in [0.15, 0.2) is 5.90 Å². The summed E-state index contributed by atoms with van der Waals surface area (Å²) in [6.07, 6.45) is 10.9. The second kappa shape index (κ2) is 7.97. The van der Waals surface area contributed by atoms with E-state index in [-0.39, 0.29) is 17.7 Å². The first-order valence-electron chi connectivity index (χ1n) is 13.6. The van der Waals surface area contributed by atoms with E-state index >= 15 is 0 Å². The molecule has 0 spiro atoms. The van der Waals surface area contributed by atoms with Gasteiger partial charge in [0, 0.05) is 6.42 Å². The van der Waals surface area contributed by atoms with Crippen LogP contribution in [0.4, 0.5) is 0 Å². The molecule has 4 fully saturated rings. The highest BCUT2D eigenvalue weighted by atomic mass is 16.5. The Morgan fingerprint density at radius 3 is 2.41 bits per heavy atom. The molecule has 0 radical (unpaired) electrons. The molecule has 4 saturated carbocycles. The standard InChI is InChI=1S/C28H47NO3/c1-17(6-9-24-29-26(2,3)16-32-24)20-7-8-21-25-22(11-13-28(20,21)5)27(4)12-10-19(30)14-18(27)15-23(25)31/h17-23,25,30-31H,6-16H2,1-5H3/t17?,18-,19+,20+,21?,22?,23+,25?,27-,28+/m0/s1. The van der Waals surface area contributed by atoms with E-state index in [0.717, 1.165) is 56.9 Å².